The summed E-state index contributed by atoms with van der Waals surface area (Å²) in [5.74, 6) is 1.78. The second-order valence-electron chi connectivity index (χ2n) is 7.98. The molecule has 5 nitrogen and oxygen atoms in total. The first kappa shape index (κ1) is 24.0. The van der Waals surface area contributed by atoms with E-state index in [9.17, 15) is 9.90 Å². The molecule has 0 amide bonds. The first-order valence-corrected chi connectivity index (χ1v) is 10.0. The van der Waals surface area contributed by atoms with Crippen molar-refractivity contribution in [1.82, 2.24) is 0 Å². The Bertz CT molecular complexity index is 623. The molecule has 1 saturated carbocycles. The molecule has 0 heterocycles. The summed E-state index contributed by atoms with van der Waals surface area (Å²) < 4.78 is 10.4. The number of phenolic OH excluding ortho intramolecular Hbond substituents is 1. The largest absolute Gasteiger partial charge is 0.504 e. The molecule has 1 aliphatic carbocycles. The smallest absolute Gasteiger partial charge is 0.334 e. The third-order valence-electron chi connectivity index (χ3n) is 5.19. The number of hydrogen-bond donors (Lipinski definition) is 2. The molecule has 5 heteroatoms. The van der Waals surface area contributed by atoms with Crippen LogP contribution in [0, 0.1) is 17.8 Å². The molecular weight excluding hydrogens is 356 g/mol. The number of aliphatic hydroxyl groups excluding tert-OH is 1. The van der Waals surface area contributed by atoms with Gasteiger partial charge in [0.05, 0.1) is 7.11 Å². The molecule has 4 atom stereocenters. The van der Waals surface area contributed by atoms with E-state index in [0.29, 0.717) is 23.5 Å². The molecule has 0 saturated heterocycles. The van der Waals surface area contributed by atoms with Crippen molar-refractivity contribution < 1.29 is 24.5 Å². The Morgan fingerprint density at radius 3 is 2.54 bits per heavy atom. The summed E-state index contributed by atoms with van der Waals surface area (Å²) >= 11 is 0. The van der Waals surface area contributed by atoms with Crippen molar-refractivity contribution in [3.63, 3.8) is 0 Å². The number of carbonyl (C=O) groups is 1. The molecule has 2 rings (SSSR count). The van der Waals surface area contributed by atoms with E-state index >= 15 is 0 Å². The average Bonchev–Trinajstić information content (AvgIpc) is 2.63. The van der Waals surface area contributed by atoms with Crippen LogP contribution < -0.4 is 4.74 Å². The maximum atomic E-state index is 11.4. The molecule has 1 aliphatic rings. The quantitative estimate of drug-likeness (QED) is 0.551. The fraction of sp³-hybridized carbons (Fsp3) is 0.609. The van der Waals surface area contributed by atoms with E-state index < -0.39 is 12.1 Å². The van der Waals surface area contributed by atoms with Crippen LogP contribution in [0.4, 0.5) is 0 Å². The van der Waals surface area contributed by atoms with Gasteiger partial charge in [0.1, 0.15) is 12.2 Å². The molecular formula is C23H36O5. The van der Waals surface area contributed by atoms with E-state index in [1.807, 2.05) is 12.1 Å². The van der Waals surface area contributed by atoms with Gasteiger partial charge in [-0.15, -0.1) is 6.58 Å². The van der Waals surface area contributed by atoms with Crippen LogP contribution in [0.1, 0.15) is 52.5 Å². The van der Waals surface area contributed by atoms with Crippen molar-refractivity contribution in [2.45, 2.75) is 65.6 Å². The summed E-state index contributed by atoms with van der Waals surface area (Å²) in [7, 11) is 1.53. The van der Waals surface area contributed by atoms with E-state index in [2.05, 4.69) is 27.4 Å². The lowest BCUT2D eigenvalue weighted by molar-refractivity contribution is -0.164. The number of aliphatic hydroxyl groups is 1. The van der Waals surface area contributed by atoms with Crippen molar-refractivity contribution in [1.29, 1.82) is 0 Å². The first-order chi connectivity index (χ1) is 13.2. The second kappa shape index (κ2) is 11.7. The van der Waals surface area contributed by atoms with Gasteiger partial charge in [0.2, 0.25) is 0 Å². The number of carbonyl (C=O) groups excluding carboxylic acids is 1. The molecule has 1 aromatic rings. The van der Waals surface area contributed by atoms with Crippen LogP contribution in [0.3, 0.4) is 0 Å². The number of hydrogen-bond acceptors (Lipinski definition) is 5. The zero-order valence-electron chi connectivity index (χ0n) is 17.9. The molecule has 4 unspecified atom stereocenters. The van der Waals surface area contributed by atoms with Gasteiger partial charge in [-0.05, 0) is 61.6 Å². The maximum Gasteiger partial charge on any atom is 0.334 e. The summed E-state index contributed by atoms with van der Waals surface area (Å²) in [5, 5.41) is 18.4. The highest BCUT2D eigenvalue weighted by atomic mass is 16.6. The molecule has 1 fully saturated rings. The van der Waals surface area contributed by atoms with Gasteiger partial charge in [-0.25, -0.2) is 4.79 Å². The Balaban J connectivity index is 0.000000292. The number of allylic oxidation sites excluding steroid dienone is 1. The molecule has 2 N–H and O–H groups in total. The topological polar surface area (TPSA) is 76.0 Å². The fourth-order valence-corrected chi connectivity index (χ4v) is 3.51. The van der Waals surface area contributed by atoms with Gasteiger partial charge in [0.15, 0.2) is 11.5 Å². The Morgan fingerprint density at radius 1 is 1.32 bits per heavy atom. The first-order valence-electron chi connectivity index (χ1n) is 10.0. The minimum Gasteiger partial charge on any atom is -0.504 e. The average molecular weight is 393 g/mol. The Labute approximate surface area is 169 Å². The molecule has 28 heavy (non-hydrogen) atoms. The summed E-state index contributed by atoms with van der Waals surface area (Å²) in [5.41, 5.74) is 1.08. The zero-order chi connectivity index (χ0) is 21.3. The molecule has 0 bridgehead atoms. The van der Waals surface area contributed by atoms with Crippen LogP contribution >= 0.6 is 0 Å². The highest BCUT2D eigenvalue weighted by molar-refractivity contribution is 5.74. The van der Waals surface area contributed by atoms with Crippen LogP contribution in [0.25, 0.3) is 0 Å². The predicted molar refractivity (Wildman–Crippen MR) is 111 cm³/mol. The number of phenols is 1. The number of benzene rings is 1. The van der Waals surface area contributed by atoms with Gasteiger partial charge in [-0.1, -0.05) is 39.3 Å². The minimum atomic E-state index is -1.01. The maximum absolute atomic E-state index is 11.4. The third kappa shape index (κ3) is 7.55. The number of esters is 1. The lowest BCUT2D eigenvalue weighted by Gasteiger charge is -2.36. The highest BCUT2D eigenvalue weighted by Crippen LogP contribution is 2.35. The van der Waals surface area contributed by atoms with Crippen LogP contribution in [-0.2, 0) is 16.0 Å². The van der Waals surface area contributed by atoms with Crippen LogP contribution in [0.2, 0.25) is 0 Å². The summed E-state index contributed by atoms with van der Waals surface area (Å²) in [4.78, 5) is 11.4. The standard InChI is InChI=1S/C13H24O3.C10H12O2/c1-8(2)11-6-5-9(3)7-12(11)16-13(15)10(4)14;1-3-4-8-5-6-9(11)10(7-8)12-2/h8-12,14H,5-7H2,1-4H3;3,5-7,11H,1,4H2,2H3. The van der Waals surface area contributed by atoms with E-state index in [4.69, 9.17) is 14.6 Å². The van der Waals surface area contributed by atoms with Gasteiger partial charge < -0.3 is 19.7 Å². The molecule has 0 aromatic heterocycles. The van der Waals surface area contributed by atoms with E-state index in [1.54, 1.807) is 12.1 Å². The van der Waals surface area contributed by atoms with Crippen LogP contribution in [0.15, 0.2) is 30.9 Å². The van der Waals surface area contributed by atoms with E-state index in [1.165, 1.54) is 20.5 Å². The monoisotopic (exact) mass is 392 g/mol. The Hall–Kier alpha value is -2.01. The fourth-order valence-electron chi connectivity index (χ4n) is 3.51. The summed E-state index contributed by atoms with van der Waals surface area (Å²) in [6, 6.07) is 5.27. The van der Waals surface area contributed by atoms with Crippen molar-refractivity contribution in [2.75, 3.05) is 7.11 Å². The Morgan fingerprint density at radius 2 is 2.00 bits per heavy atom. The van der Waals surface area contributed by atoms with Crippen molar-refractivity contribution in [3.05, 3.63) is 36.4 Å². The number of ether oxygens (including phenoxy) is 2. The van der Waals surface area contributed by atoms with E-state index in [0.717, 1.165) is 24.8 Å². The molecule has 0 spiro atoms. The van der Waals surface area contributed by atoms with Gasteiger partial charge in [-0.3, -0.25) is 0 Å². The summed E-state index contributed by atoms with van der Waals surface area (Å²) in [6.45, 7) is 11.6. The van der Waals surface area contributed by atoms with Crippen molar-refractivity contribution in [2.24, 2.45) is 17.8 Å². The predicted octanol–water partition coefficient (Wildman–Crippen LogP) is 4.50. The van der Waals surface area contributed by atoms with Crippen LogP contribution in [0.5, 0.6) is 11.5 Å². The number of rotatable bonds is 6. The minimum absolute atomic E-state index is 0.00847. The Kier molecular flexibility index (Phi) is 10.1. The van der Waals surface area contributed by atoms with Gasteiger partial charge >= 0.3 is 5.97 Å². The van der Waals surface area contributed by atoms with Gasteiger partial charge in [-0.2, -0.15) is 0 Å². The van der Waals surface area contributed by atoms with Crippen molar-refractivity contribution in [3.8, 4) is 11.5 Å². The molecule has 1 aromatic carbocycles. The van der Waals surface area contributed by atoms with Crippen molar-refractivity contribution >= 4 is 5.97 Å². The van der Waals surface area contributed by atoms with E-state index in [-0.39, 0.29) is 11.9 Å². The second-order valence-corrected chi connectivity index (χ2v) is 7.98. The van der Waals surface area contributed by atoms with Gasteiger partial charge in [0, 0.05) is 0 Å². The highest BCUT2D eigenvalue weighted by Gasteiger charge is 2.33. The van der Waals surface area contributed by atoms with Gasteiger partial charge in [0.25, 0.3) is 0 Å². The molecule has 158 valence electrons. The lowest BCUT2D eigenvalue weighted by atomic mass is 9.75. The molecule has 0 aliphatic heterocycles. The third-order valence-corrected chi connectivity index (χ3v) is 5.19. The summed E-state index contributed by atoms with van der Waals surface area (Å²) in [6.07, 6.45) is 4.85. The number of methoxy groups -OCH3 is 1. The lowest BCUT2D eigenvalue weighted by Crippen LogP contribution is -2.37. The SMILES string of the molecule is C=CCc1ccc(O)c(OC)c1.CC1CCC(C(C)C)C(OC(=O)C(C)O)C1. The van der Waals surface area contributed by atoms with Crippen LogP contribution in [-0.4, -0.2) is 35.5 Å². The zero-order valence-corrected chi connectivity index (χ0v) is 17.9. The number of aromatic hydroxyl groups is 1. The normalized spacial score (nSPS) is 22.6. The molecule has 0 radical (unpaired) electrons.